The van der Waals surface area contributed by atoms with Crippen molar-refractivity contribution in [2.45, 2.75) is 19.9 Å². The topological polar surface area (TPSA) is 83.4 Å². The van der Waals surface area contributed by atoms with E-state index in [4.69, 9.17) is 4.42 Å². The van der Waals surface area contributed by atoms with Crippen LogP contribution in [0.25, 0.3) is 0 Å². The van der Waals surface area contributed by atoms with E-state index in [0.717, 1.165) is 0 Å². The molecule has 6 nitrogen and oxygen atoms in total. The predicted molar refractivity (Wildman–Crippen MR) is 64.5 cm³/mol. The van der Waals surface area contributed by atoms with Crippen molar-refractivity contribution >= 4 is 11.9 Å². The third-order valence-corrected chi connectivity index (χ3v) is 2.68. The number of urea groups is 1. The molecular formula is C12H15N3O3. The number of furan rings is 1. The Morgan fingerprint density at radius 1 is 1.56 bits per heavy atom. The third-order valence-electron chi connectivity index (χ3n) is 2.68. The van der Waals surface area contributed by atoms with Crippen LogP contribution in [0.1, 0.15) is 25.6 Å². The Labute approximate surface area is 104 Å². The molecule has 1 aliphatic rings. The van der Waals surface area contributed by atoms with Gasteiger partial charge in [0.2, 0.25) is 0 Å². The van der Waals surface area contributed by atoms with E-state index in [1.807, 2.05) is 6.92 Å². The number of likely N-dealkylation sites (N-methyl/N-ethyl adjacent to an activating group) is 1. The Hall–Kier alpha value is -2.24. The largest absolute Gasteiger partial charge is 0.467 e. The van der Waals surface area contributed by atoms with Crippen LogP contribution in [0.4, 0.5) is 4.79 Å². The molecule has 1 unspecified atom stereocenters. The van der Waals surface area contributed by atoms with Gasteiger partial charge in [-0.05, 0) is 26.0 Å². The van der Waals surface area contributed by atoms with Gasteiger partial charge in [-0.3, -0.25) is 4.79 Å². The minimum atomic E-state index is -0.555. The number of nitrogens with one attached hydrogen (secondary N) is 3. The molecule has 18 heavy (non-hydrogen) atoms. The van der Waals surface area contributed by atoms with E-state index >= 15 is 0 Å². The van der Waals surface area contributed by atoms with Gasteiger partial charge in [0.05, 0.1) is 11.8 Å². The SMILES string of the molecule is CCNC(=O)C1=C(C)NC(=O)NC1c1ccco1. The van der Waals surface area contributed by atoms with Crippen LogP contribution in [0, 0.1) is 0 Å². The molecule has 0 saturated heterocycles. The fraction of sp³-hybridized carbons (Fsp3) is 0.333. The number of amides is 3. The summed E-state index contributed by atoms with van der Waals surface area (Å²) < 4.78 is 5.27. The number of carbonyl (C=O) groups excluding carboxylic acids is 2. The third kappa shape index (κ3) is 2.22. The molecule has 1 aromatic heterocycles. The molecular weight excluding hydrogens is 234 g/mol. The molecule has 96 valence electrons. The Kier molecular flexibility index (Phi) is 3.36. The molecule has 0 fully saturated rings. The Balaban J connectivity index is 2.38. The van der Waals surface area contributed by atoms with Crippen LogP contribution >= 0.6 is 0 Å². The lowest BCUT2D eigenvalue weighted by Gasteiger charge is -2.26. The van der Waals surface area contributed by atoms with Crippen LogP contribution in [0.2, 0.25) is 0 Å². The summed E-state index contributed by atoms with van der Waals surface area (Å²) >= 11 is 0. The predicted octanol–water partition coefficient (Wildman–Crippen LogP) is 1.04. The first-order valence-corrected chi connectivity index (χ1v) is 5.73. The Morgan fingerprint density at radius 3 is 2.94 bits per heavy atom. The van der Waals surface area contributed by atoms with Gasteiger partial charge in [-0.15, -0.1) is 0 Å². The van der Waals surface area contributed by atoms with Gasteiger partial charge in [-0.25, -0.2) is 4.79 Å². The maximum Gasteiger partial charge on any atom is 0.319 e. The second-order valence-electron chi connectivity index (χ2n) is 3.95. The van der Waals surface area contributed by atoms with Crippen molar-refractivity contribution in [3.63, 3.8) is 0 Å². The minimum absolute atomic E-state index is 0.219. The number of hydrogen-bond acceptors (Lipinski definition) is 3. The molecule has 0 radical (unpaired) electrons. The molecule has 2 rings (SSSR count). The lowest BCUT2D eigenvalue weighted by molar-refractivity contribution is -0.117. The van der Waals surface area contributed by atoms with Gasteiger partial charge in [0, 0.05) is 12.2 Å². The van der Waals surface area contributed by atoms with Crippen molar-refractivity contribution < 1.29 is 14.0 Å². The van der Waals surface area contributed by atoms with Crippen LogP contribution in [0.15, 0.2) is 34.1 Å². The first-order chi connectivity index (χ1) is 8.63. The second kappa shape index (κ2) is 4.95. The lowest BCUT2D eigenvalue weighted by atomic mass is 10.00. The highest BCUT2D eigenvalue weighted by Gasteiger charge is 2.32. The van der Waals surface area contributed by atoms with Gasteiger partial charge in [-0.1, -0.05) is 0 Å². The fourth-order valence-electron chi connectivity index (χ4n) is 1.92. The van der Waals surface area contributed by atoms with E-state index in [1.165, 1.54) is 6.26 Å². The summed E-state index contributed by atoms with van der Waals surface area (Å²) in [6.45, 7) is 4.05. The summed E-state index contributed by atoms with van der Waals surface area (Å²) in [7, 11) is 0. The maximum absolute atomic E-state index is 12.0. The molecule has 6 heteroatoms. The van der Waals surface area contributed by atoms with Crippen LogP contribution in [0.3, 0.4) is 0 Å². The van der Waals surface area contributed by atoms with Gasteiger partial charge in [0.25, 0.3) is 5.91 Å². The molecule has 3 amide bonds. The van der Waals surface area contributed by atoms with E-state index in [2.05, 4.69) is 16.0 Å². The highest BCUT2D eigenvalue weighted by Crippen LogP contribution is 2.26. The van der Waals surface area contributed by atoms with Crippen molar-refractivity contribution in [2.24, 2.45) is 0 Å². The first kappa shape index (κ1) is 12.2. The summed E-state index contributed by atoms with van der Waals surface area (Å²) in [6.07, 6.45) is 1.51. The zero-order valence-electron chi connectivity index (χ0n) is 10.2. The van der Waals surface area contributed by atoms with Gasteiger partial charge in [0.15, 0.2) is 0 Å². The highest BCUT2D eigenvalue weighted by atomic mass is 16.3. The van der Waals surface area contributed by atoms with E-state index in [9.17, 15) is 9.59 Å². The van der Waals surface area contributed by atoms with Crippen LogP contribution < -0.4 is 16.0 Å². The summed E-state index contributed by atoms with van der Waals surface area (Å²) in [6, 6.07) is 2.54. The van der Waals surface area contributed by atoms with E-state index in [-0.39, 0.29) is 11.9 Å². The summed E-state index contributed by atoms with van der Waals surface area (Å²) in [5.74, 6) is 0.314. The van der Waals surface area contributed by atoms with E-state index < -0.39 is 6.04 Å². The second-order valence-corrected chi connectivity index (χ2v) is 3.95. The standard InChI is InChI=1S/C12H15N3O3/c1-3-13-11(16)9-7(2)14-12(17)15-10(9)8-5-4-6-18-8/h4-6,10H,3H2,1-2H3,(H,13,16)(H2,14,15,17). The smallest absolute Gasteiger partial charge is 0.319 e. The molecule has 1 aromatic rings. The Morgan fingerprint density at radius 2 is 2.33 bits per heavy atom. The first-order valence-electron chi connectivity index (χ1n) is 5.73. The number of carbonyl (C=O) groups is 2. The molecule has 0 spiro atoms. The normalized spacial score (nSPS) is 19.2. The van der Waals surface area contributed by atoms with Crippen LogP contribution in [0.5, 0.6) is 0 Å². The molecule has 3 N–H and O–H groups in total. The van der Waals surface area contributed by atoms with Gasteiger partial charge in [0.1, 0.15) is 11.8 Å². The summed E-state index contributed by atoms with van der Waals surface area (Å²) in [5.41, 5.74) is 0.998. The molecule has 0 bridgehead atoms. The number of allylic oxidation sites excluding steroid dienone is 1. The van der Waals surface area contributed by atoms with Gasteiger partial charge >= 0.3 is 6.03 Å². The van der Waals surface area contributed by atoms with E-state index in [0.29, 0.717) is 23.6 Å². The van der Waals surface area contributed by atoms with Crippen LogP contribution in [-0.4, -0.2) is 18.5 Å². The average molecular weight is 249 g/mol. The summed E-state index contributed by atoms with van der Waals surface area (Å²) in [5, 5.41) is 7.99. The Bertz CT molecular complexity index is 491. The van der Waals surface area contributed by atoms with Gasteiger partial charge in [-0.2, -0.15) is 0 Å². The molecule has 0 aromatic carbocycles. The minimum Gasteiger partial charge on any atom is -0.467 e. The zero-order chi connectivity index (χ0) is 13.1. The zero-order valence-corrected chi connectivity index (χ0v) is 10.2. The van der Waals surface area contributed by atoms with Crippen LogP contribution in [-0.2, 0) is 4.79 Å². The van der Waals surface area contributed by atoms with E-state index in [1.54, 1.807) is 19.1 Å². The summed E-state index contributed by atoms with van der Waals surface area (Å²) in [4.78, 5) is 23.5. The van der Waals surface area contributed by atoms with Crippen molar-refractivity contribution in [1.82, 2.24) is 16.0 Å². The van der Waals surface area contributed by atoms with Crippen molar-refractivity contribution in [2.75, 3.05) is 6.54 Å². The fourth-order valence-corrected chi connectivity index (χ4v) is 1.92. The molecule has 1 aliphatic heterocycles. The monoisotopic (exact) mass is 249 g/mol. The molecule has 0 saturated carbocycles. The molecule has 0 aliphatic carbocycles. The number of hydrogen-bond donors (Lipinski definition) is 3. The highest BCUT2D eigenvalue weighted by molar-refractivity contribution is 5.98. The average Bonchev–Trinajstić information content (AvgIpc) is 2.81. The lowest BCUT2D eigenvalue weighted by Crippen LogP contribution is -2.46. The van der Waals surface area contributed by atoms with Crippen molar-refractivity contribution in [1.29, 1.82) is 0 Å². The number of rotatable bonds is 3. The molecule has 1 atom stereocenters. The van der Waals surface area contributed by atoms with Gasteiger partial charge < -0.3 is 20.4 Å². The maximum atomic E-state index is 12.0. The van der Waals surface area contributed by atoms with Crippen molar-refractivity contribution in [3.8, 4) is 0 Å². The van der Waals surface area contributed by atoms with Crippen molar-refractivity contribution in [3.05, 3.63) is 35.4 Å². The quantitative estimate of drug-likeness (QED) is 0.748. The molecule has 2 heterocycles.